The van der Waals surface area contributed by atoms with Gasteiger partial charge in [0.05, 0.1) is 25.9 Å². The summed E-state index contributed by atoms with van der Waals surface area (Å²) in [6, 6.07) is 9.12. The molecule has 1 saturated heterocycles. The van der Waals surface area contributed by atoms with Crippen LogP contribution in [0.1, 0.15) is 28.8 Å². The first-order chi connectivity index (χ1) is 18.0. The van der Waals surface area contributed by atoms with E-state index >= 15 is 0 Å². The number of hydrogen-bond acceptors (Lipinski definition) is 9. The molecular formula is C27H25N5O5. The summed E-state index contributed by atoms with van der Waals surface area (Å²) in [6.45, 7) is 1.27. The van der Waals surface area contributed by atoms with E-state index in [-0.39, 0.29) is 12.0 Å². The van der Waals surface area contributed by atoms with Gasteiger partial charge < -0.3 is 23.5 Å². The SMILES string of the molecule is COc1cc(C(=O)N(C)C)cnc1-c1cc2nccc(-c3cnc(OC4CCOCC4)c(C#N)c3)c2o1. The van der Waals surface area contributed by atoms with Gasteiger partial charge in [0.2, 0.25) is 5.88 Å². The van der Waals surface area contributed by atoms with Gasteiger partial charge in [-0.3, -0.25) is 9.78 Å². The maximum Gasteiger partial charge on any atom is 0.255 e. The van der Waals surface area contributed by atoms with Crippen molar-refractivity contribution in [3.63, 3.8) is 0 Å². The highest BCUT2D eigenvalue weighted by Gasteiger charge is 2.21. The van der Waals surface area contributed by atoms with Crippen molar-refractivity contribution in [3.05, 3.63) is 54.0 Å². The molecule has 37 heavy (non-hydrogen) atoms. The zero-order valence-corrected chi connectivity index (χ0v) is 20.7. The number of rotatable bonds is 6. The van der Waals surface area contributed by atoms with Crippen molar-refractivity contribution in [2.75, 3.05) is 34.4 Å². The van der Waals surface area contributed by atoms with Gasteiger partial charge in [-0.25, -0.2) is 9.97 Å². The summed E-state index contributed by atoms with van der Waals surface area (Å²) in [4.78, 5) is 27.1. The molecule has 0 unspecified atom stereocenters. The smallest absolute Gasteiger partial charge is 0.255 e. The molecule has 1 aliphatic heterocycles. The van der Waals surface area contributed by atoms with Gasteiger partial charge in [-0.1, -0.05) is 0 Å². The van der Waals surface area contributed by atoms with Crippen LogP contribution in [0.2, 0.25) is 0 Å². The second-order valence-electron chi connectivity index (χ2n) is 8.78. The van der Waals surface area contributed by atoms with Crippen molar-refractivity contribution < 1.29 is 23.4 Å². The summed E-state index contributed by atoms with van der Waals surface area (Å²) in [5.41, 5.74) is 3.71. The Morgan fingerprint density at radius 2 is 1.95 bits per heavy atom. The molecule has 0 atom stereocenters. The van der Waals surface area contributed by atoms with Gasteiger partial charge in [0.1, 0.15) is 34.7 Å². The monoisotopic (exact) mass is 499 g/mol. The third kappa shape index (κ3) is 4.81. The zero-order chi connectivity index (χ0) is 25.9. The van der Waals surface area contributed by atoms with Gasteiger partial charge in [0.15, 0.2) is 11.3 Å². The van der Waals surface area contributed by atoms with Crippen molar-refractivity contribution in [1.29, 1.82) is 5.26 Å². The quantitative estimate of drug-likeness (QED) is 0.386. The Labute approximate surface area is 213 Å². The molecule has 4 aromatic rings. The van der Waals surface area contributed by atoms with E-state index in [1.165, 1.54) is 18.2 Å². The molecule has 0 saturated carbocycles. The molecule has 0 aliphatic carbocycles. The van der Waals surface area contributed by atoms with Crippen molar-refractivity contribution in [2.24, 2.45) is 0 Å². The van der Waals surface area contributed by atoms with E-state index in [1.807, 2.05) is 0 Å². The first-order valence-electron chi connectivity index (χ1n) is 11.8. The van der Waals surface area contributed by atoms with Gasteiger partial charge in [-0.05, 0) is 18.2 Å². The molecule has 1 fully saturated rings. The molecule has 0 spiro atoms. The van der Waals surface area contributed by atoms with E-state index in [0.717, 1.165) is 18.4 Å². The Morgan fingerprint density at radius 1 is 1.14 bits per heavy atom. The average Bonchev–Trinajstić information content (AvgIpc) is 3.37. The standard InChI is InChI=1S/C27H25N5O5/c1-32(2)27(33)18-11-22(34-3)24(30-15-18)23-12-21-25(37-23)20(4-7-29-21)17-10-16(13-28)26(31-14-17)36-19-5-8-35-9-6-19/h4,7,10-12,14-15,19H,5-6,8-9H2,1-3H3. The summed E-state index contributed by atoms with van der Waals surface area (Å²) in [5, 5.41) is 9.76. The van der Waals surface area contributed by atoms with Crippen LogP contribution in [0.3, 0.4) is 0 Å². The van der Waals surface area contributed by atoms with Gasteiger partial charge in [0.25, 0.3) is 5.91 Å². The molecule has 10 heteroatoms. The Kier molecular flexibility index (Phi) is 6.70. The normalized spacial score (nSPS) is 13.8. The molecule has 4 aromatic heterocycles. The predicted molar refractivity (Wildman–Crippen MR) is 134 cm³/mol. The van der Waals surface area contributed by atoms with Crippen molar-refractivity contribution in [2.45, 2.75) is 18.9 Å². The van der Waals surface area contributed by atoms with E-state index in [0.29, 0.717) is 64.1 Å². The van der Waals surface area contributed by atoms with Crippen LogP contribution in [0.4, 0.5) is 0 Å². The fourth-order valence-electron chi connectivity index (χ4n) is 4.17. The van der Waals surface area contributed by atoms with Crippen LogP contribution in [-0.2, 0) is 4.74 Å². The highest BCUT2D eigenvalue weighted by molar-refractivity contribution is 5.95. The van der Waals surface area contributed by atoms with E-state index in [9.17, 15) is 10.1 Å². The molecule has 0 bridgehead atoms. The lowest BCUT2D eigenvalue weighted by atomic mass is 10.1. The average molecular weight is 500 g/mol. The molecule has 5 heterocycles. The molecule has 188 valence electrons. The van der Waals surface area contributed by atoms with Crippen LogP contribution in [0.15, 0.2) is 47.3 Å². The maximum atomic E-state index is 12.3. The molecular weight excluding hydrogens is 474 g/mol. The van der Waals surface area contributed by atoms with Crippen molar-refractivity contribution in [1.82, 2.24) is 19.9 Å². The predicted octanol–water partition coefficient (Wildman–Crippen LogP) is 4.09. The van der Waals surface area contributed by atoms with Crippen molar-refractivity contribution >= 4 is 17.0 Å². The fourth-order valence-corrected chi connectivity index (χ4v) is 4.17. The highest BCUT2D eigenvalue weighted by atomic mass is 16.5. The van der Waals surface area contributed by atoms with Gasteiger partial charge >= 0.3 is 0 Å². The van der Waals surface area contributed by atoms with Crippen LogP contribution in [0.5, 0.6) is 11.6 Å². The van der Waals surface area contributed by atoms with Crippen LogP contribution >= 0.6 is 0 Å². The molecule has 10 nitrogen and oxygen atoms in total. The number of carbonyl (C=O) groups is 1. The lowest BCUT2D eigenvalue weighted by Gasteiger charge is -2.23. The molecule has 0 N–H and O–H groups in total. The maximum absolute atomic E-state index is 12.3. The molecule has 0 radical (unpaired) electrons. The minimum absolute atomic E-state index is 0.0265. The number of nitriles is 1. The second-order valence-corrected chi connectivity index (χ2v) is 8.78. The number of furan rings is 1. The first kappa shape index (κ1) is 24.2. The molecule has 1 aliphatic rings. The van der Waals surface area contributed by atoms with Crippen LogP contribution in [-0.4, -0.2) is 66.3 Å². The largest absolute Gasteiger partial charge is 0.494 e. The van der Waals surface area contributed by atoms with E-state index in [2.05, 4.69) is 21.0 Å². The Hall–Kier alpha value is -4.49. The molecule has 5 rings (SSSR count). The number of pyridine rings is 3. The first-order valence-corrected chi connectivity index (χ1v) is 11.8. The van der Waals surface area contributed by atoms with Gasteiger partial charge in [-0.15, -0.1) is 0 Å². The number of ether oxygens (including phenoxy) is 3. The number of amides is 1. The van der Waals surface area contributed by atoms with Crippen molar-refractivity contribution in [3.8, 4) is 40.3 Å². The van der Waals surface area contributed by atoms with Gasteiger partial charge in [0, 0.05) is 62.7 Å². The van der Waals surface area contributed by atoms with E-state index in [4.69, 9.17) is 18.6 Å². The lowest BCUT2D eigenvalue weighted by molar-refractivity contribution is 0.0236. The number of methoxy groups -OCH3 is 1. The van der Waals surface area contributed by atoms with Gasteiger partial charge in [-0.2, -0.15) is 5.26 Å². The Bertz CT molecular complexity index is 1500. The number of fused-ring (bicyclic) bond motifs is 1. The summed E-state index contributed by atoms with van der Waals surface area (Å²) in [6.07, 6.45) is 6.31. The minimum Gasteiger partial charge on any atom is -0.494 e. The van der Waals surface area contributed by atoms with Crippen LogP contribution in [0, 0.1) is 11.3 Å². The Balaban J connectivity index is 1.51. The fraction of sp³-hybridized carbons (Fsp3) is 0.296. The topological polar surface area (TPSA) is 124 Å². The van der Waals surface area contributed by atoms with E-state index < -0.39 is 0 Å². The highest BCUT2D eigenvalue weighted by Crippen LogP contribution is 2.37. The van der Waals surface area contributed by atoms with E-state index in [1.54, 1.807) is 50.8 Å². The molecule has 0 aromatic carbocycles. The third-order valence-electron chi connectivity index (χ3n) is 6.10. The summed E-state index contributed by atoms with van der Waals surface area (Å²) in [5.74, 6) is 0.959. The number of nitrogens with zero attached hydrogens (tertiary/aromatic N) is 5. The zero-order valence-electron chi connectivity index (χ0n) is 20.7. The number of hydrogen-bond donors (Lipinski definition) is 0. The number of aromatic nitrogens is 3. The number of carbonyl (C=O) groups excluding carboxylic acids is 1. The molecule has 1 amide bonds. The Morgan fingerprint density at radius 3 is 2.68 bits per heavy atom. The summed E-state index contributed by atoms with van der Waals surface area (Å²) >= 11 is 0. The minimum atomic E-state index is -0.184. The van der Waals surface area contributed by atoms with Crippen LogP contribution in [0.25, 0.3) is 33.7 Å². The van der Waals surface area contributed by atoms with Crippen LogP contribution < -0.4 is 9.47 Å². The second kappa shape index (κ2) is 10.2. The summed E-state index contributed by atoms with van der Waals surface area (Å²) < 4.78 is 23.1. The third-order valence-corrected chi connectivity index (χ3v) is 6.10. The lowest BCUT2D eigenvalue weighted by Crippen LogP contribution is -2.26. The summed E-state index contributed by atoms with van der Waals surface area (Å²) in [7, 11) is 4.85.